The maximum absolute atomic E-state index is 12.2. The molecule has 0 aliphatic carbocycles. The molecule has 0 spiro atoms. The highest BCUT2D eigenvalue weighted by atomic mass is 16.5. The Labute approximate surface area is 166 Å². The number of H-pyrrole nitrogens is 1. The molecule has 8 nitrogen and oxygen atoms in total. The third-order valence-electron chi connectivity index (χ3n) is 4.19. The second kappa shape index (κ2) is 8.80. The van der Waals surface area contributed by atoms with Crippen molar-refractivity contribution in [1.29, 1.82) is 5.26 Å². The van der Waals surface area contributed by atoms with Gasteiger partial charge < -0.3 is 15.0 Å². The molecule has 8 heteroatoms. The first-order chi connectivity index (χ1) is 14.0. The summed E-state index contributed by atoms with van der Waals surface area (Å²) in [6.45, 7) is 1.47. The lowest BCUT2D eigenvalue weighted by molar-refractivity contribution is -0.153. The Kier molecular flexibility index (Phi) is 6.00. The summed E-state index contributed by atoms with van der Waals surface area (Å²) in [4.78, 5) is 43.2. The minimum Gasteiger partial charge on any atom is -0.453 e. The van der Waals surface area contributed by atoms with Gasteiger partial charge in [-0.2, -0.15) is 5.26 Å². The molecule has 0 saturated heterocycles. The maximum Gasteiger partial charge on any atom is 0.307 e. The van der Waals surface area contributed by atoms with E-state index in [1.165, 1.54) is 6.92 Å². The third kappa shape index (κ3) is 5.05. The van der Waals surface area contributed by atoms with Crippen LogP contribution in [0.25, 0.3) is 10.9 Å². The highest BCUT2D eigenvalue weighted by Crippen LogP contribution is 2.11. The number of anilines is 1. The van der Waals surface area contributed by atoms with Gasteiger partial charge in [0.25, 0.3) is 11.5 Å². The van der Waals surface area contributed by atoms with Gasteiger partial charge in [0.2, 0.25) is 0 Å². The van der Waals surface area contributed by atoms with Crippen LogP contribution in [0.3, 0.4) is 0 Å². The fraction of sp³-hybridized carbons (Fsp3) is 0.190. The van der Waals surface area contributed by atoms with E-state index in [9.17, 15) is 14.4 Å². The number of fused-ring (bicyclic) bond motifs is 1. The molecule has 0 unspecified atom stereocenters. The van der Waals surface area contributed by atoms with Gasteiger partial charge in [-0.25, -0.2) is 4.98 Å². The minimum absolute atomic E-state index is 0.0320. The Hall–Kier alpha value is -3.99. The molecule has 0 aliphatic rings. The first-order valence-corrected chi connectivity index (χ1v) is 8.94. The fourth-order valence-electron chi connectivity index (χ4n) is 2.66. The second-order valence-electron chi connectivity index (χ2n) is 6.34. The Balaban J connectivity index is 1.54. The van der Waals surface area contributed by atoms with Crippen molar-refractivity contribution < 1.29 is 14.3 Å². The standard InChI is InChI=1S/C21H18N4O4/c1-13(20(27)23-15-8-6-14(12-22)7-9-15)29-19(26)11-10-18-24-17-5-3-2-4-16(17)21(28)25-18/h2-9,13H,10-11H2,1H3,(H,23,27)(H,24,25,28)/t13-/m1/s1. The molecule has 3 rings (SSSR count). The van der Waals surface area contributed by atoms with E-state index < -0.39 is 18.0 Å². The average molecular weight is 390 g/mol. The van der Waals surface area contributed by atoms with Gasteiger partial charge in [0, 0.05) is 12.1 Å². The number of hydrogen-bond donors (Lipinski definition) is 2. The lowest BCUT2D eigenvalue weighted by Gasteiger charge is -2.13. The van der Waals surface area contributed by atoms with Crippen molar-refractivity contribution >= 4 is 28.5 Å². The molecule has 2 N–H and O–H groups in total. The highest BCUT2D eigenvalue weighted by Gasteiger charge is 2.18. The Morgan fingerprint density at radius 3 is 2.66 bits per heavy atom. The number of para-hydroxylation sites is 1. The van der Waals surface area contributed by atoms with Gasteiger partial charge in [-0.15, -0.1) is 0 Å². The number of esters is 1. The van der Waals surface area contributed by atoms with E-state index in [1.807, 2.05) is 6.07 Å². The van der Waals surface area contributed by atoms with Gasteiger partial charge in [0.05, 0.1) is 29.0 Å². The normalized spacial score (nSPS) is 11.4. The van der Waals surface area contributed by atoms with Gasteiger partial charge in [-0.1, -0.05) is 12.1 Å². The molecular weight excluding hydrogens is 372 g/mol. The van der Waals surface area contributed by atoms with Gasteiger partial charge in [-0.05, 0) is 43.3 Å². The smallest absolute Gasteiger partial charge is 0.307 e. The number of amides is 1. The van der Waals surface area contributed by atoms with Crippen LogP contribution in [0.15, 0.2) is 53.3 Å². The number of ether oxygens (including phenoxy) is 1. The van der Waals surface area contributed by atoms with Crippen LogP contribution >= 0.6 is 0 Å². The van der Waals surface area contributed by atoms with Crippen molar-refractivity contribution in [3.63, 3.8) is 0 Å². The van der Waals surface area contributed by atoms with Crippen molar-refractivity contribution in [2.75, 3.05) is 5.32 Å². The summed E-state index contributed by atoms with van der Waals surface area (Å²) in [6, 6.07) is 15.2. The summed E-state index contributed by atoms with van der Waals surface area (Å²) < 4.78 is 5.15. The minimum atomic E-state index is -0.998. The van der Waals surface area contributed by atoms with Crippen molar-refractivity contribution in [2.24, 2.45) is 0 Å². The van der Waals surface area contributed by atoms with E-state index in [1.54, 1.807) is 48.5 Å². The first kappa shape index (κ1) is 19.8. The number of hydrogen-bond acceptors (Lipinski definition) is 6. The molecule has 0 aliphatic heterocycles. The summed E-state index contributed by atoms with van der Waals surface area (Å²) in [7, 11) is 0. The molecule has 2 aromatic carbocycles. The molecule has 1 amide bonds. The van der Waals surface area contributed by atoms with Crippen LogP contribution in [-0.2, 0) is 20.7 Å². The molecule has 1 atom stereocenters. The van der Waals surface area contributed by atoms with Crippen LogP contribution in [0.5, 0.6) is 0 Å². The molecule has 1 heterocycles. The van der Waals surface area contributed by atoms with E-state index in [0.717, 1.165) is 0 Å². The SMILES string of the molecule is C[C@@H](OC(=O)CCc1nc2ccccc2c(=O)[nH]1)C(=O)Nc1ccc(C#N)cc1. The molecule has 0 bridgehead atoms. The Morgan fingerprint density at radius 1 is 1.21 bits per heavy atom. The number of nitrogens with zero attached hydrogens (tertiary/aromatic N) is 2. The van der Waals surface area contributed by atoms with Gasteiger partial charge in [-0.3, -0.25) is 14.4 Å². The number of nitriles is 1. The maximum atomic E-state index is 12.2. The number of carbonyl (C=O) groups excluding carboxylic acids is 2. The number of carbonyl (C=O) groups is 2. The predicted molar refractivity (Wildman–Crippen MR) is 106 cm³/mol. The zero-order valence-corrected chi connectivity index (χ0v) is 15.6. The molecule has 1 aromatic heterocycles. The number of benzene rings is 2. The predicted octanol–water partition coefficient (Wildman–Crippen LogP) is 2.30. The van der Waals surface area contributed by atoms with Crippen LogP contribution < -0.4 is 10.9 Å². The van der Waals surface area contributed by atoms with Crippen molar-refractivity contribution in [1.82, 2.24) is 9.97 Å². The summed E-state index contributed by atoms with van der Waals surface area (Å²) in [5.41, 5.74) is 1.25. The van der Waals surface area contributed by atoms with E-state index in [-0.39, 0.29) is 18.4 Å². The van der Waals surface area contributed by atoms with E-state index in [2.05, 4.69) is 15.3 Å². The average Bonchev–Trinajstić information content (AvgIpc) is 2.73. The van der Waals surface area contributed by atoms with Gasteiger partial charge >= 0.3 is 5.97 Å². The van der Waals surface area contributed by atoms with Crippen molar-refractivity contribution in [3.8, 4) is 6.07 Å². The molecule has 0 radical (unpaired) electrons. The molecule has 0 fully saturated rings. The first-order valence-electron chi connectivity index (χ1n) is 8.94. The number of rotatable bonds is 6. The Bertz CT molecular complexity index is 1150. The summed E-state index contributed by atoms with van der Waals surface area (Å²) >= 11 is 0. The van der Waals surface area contributed by atoms with Gasteiger partial charge in [0.1, 0.15) is 5.82 Å². The third-order valence-corrected chi connectivity index (χ3v) is 4.19. The van der Waals surface area contributed by atoms with Crippen LogP contribution in [0.4, 0.5) is 5.69 Å². The van der Waals surface area contributed by atoms with Crippen LogP contribution in [-0.4, -0.2) is 27.9 Å². The quantitative estimate of drug-likeness (QED) is 0.622. The molecule has 3 aromatic rings. The van der Waals surface area contributed by atoms with Crippen LogP contribution in [0.1, 0.15) is 24.7 Å². The number of aryl methyl sites for hydroxylation is 1. The summed E-state index contributed by atoms with van der Waals surface area (Å²) in [5, 5.41) is 11.9. The van der Waals surface area contributed by atoms with Crippen molar-refractivity contribution in [2.45, 2.75) is 25.9 Å². The fourth-order valence-corrected chi connectivity index (χ4v) is 2.66. The van der Waals surface area contributed by atoms with E-state index in [0.29, 0.717) is 28.0 Å². The van der Waals surface area contributed by atoms with Gasteiger partial charge in [0.15, 0.2) is 6.10 Å². The molecule has 146 valence electrons. The van der Waals surface area contributed by atoms with Crippen molar-refractivity contribution in [3.05, 3.63) is 70.3 Å². The van der Waals surface area contributed by atoms with Crippen LogP contribution in [0, 0.1) is 11.3 Å². The summed E-state index contributed by atoms with van der Waals surface area (Å²) in [6.07, 6.45) is -0.847. The monoisotopic (exact) mass is 390 g/mol. The lowest BCUT2D eigenvalue weighted by atomic mass is 10.2. The zero-order valence-electron chi connectivity index (χ0n) is 15.6. The number of aromatic nitrogens is 2. The number of nitrogens with one attached hydrogen (secondary N) is 2. The summed E-state index contributed by atoms with van der Waals surface area (Å²) in [5.74, 6) is -0.691. The number of aromatic amines is 1. The largest absolute Gasteiger partial charge is 0.453 e. The highest BCUT2D eigenvalue weighted by molar-refractivity contribution is 5.95. The van der Waals surface area contributed by atoms with E-state index in [4.69, 9.17) is 10.00 Å². The lowest BCUT2D eigenvalue weighted by Crippen LogP contribution is -2.30. The molecule has 0 saturated carbocycles. The topological polar surface area (TPSA) is 125 Å². The second-order valence-corrected chi connectivity index (χ2v) is 6.34. The Morgan fingerprint density at radius 2 is 1.93 bits per heavy atom. The zero-order chi connectivity index (χ0) is 20.8. The molecule has 29 heavy (non-hydrogen) atoms. The molecular formula is C21H18N4O4. The van der Waals surface area contributed by atoms with E-state index >= 15 is 0 Å². The van der Waals surface area contributed by atoms with Crippen LogP contribution in [0.2, 0.25) is 0 Å².